The number of benzene rings is 2. The van der Waals surface area contributed by atoms with E-state index in [1.165, 1.54) is 10.7 Å². The van der Waals surface area contributed by atoms with Gasteiger partial charge in [-0.3, -0.25) is 9.69 Å². The number of hydrogen-bond donors (Lipinski definition) is 1. The topological polar surface area (TPSA) is 99.9 Å². The molecular formula is C37H43F2N7O3. The summed E-state index contributed by atoms with van der Waals surface area (Å²) in [4.78, 5) is 29.8. The average Bonchev–Trinajstić information content (AvgIpc) is 3.80. The SMILES string of the molecule is CCc1c(F)ccc2cc(O)cc(N3CCc4c(nc(OC[C@@]56CCCN5C[C@H](F)C6)nc4N4CCC(C(=O)n5ccc(C)n5)CC4)C3)c12. The highest BCUT2D eigenvalue weighted by molar-refractivity contribution is 5.98. The second kappa shape index (κ2) is 12.5. The van der Waals surface area contributed by atoms with E-state index >= 15 is 4.39 Å². The highest BCUT2D eigenvalue weighted by Gasteiger charge is 2.49. The maximum atomic E-state index is 15.0. The number of halogens is 2. The number of carbonyl (C=O) groups is 1. The maximum Gasteiger partial charge on any atom is 0.318 e. The van der Waals surface area contributed by atoms with Gasteiger partial charge in [-0.1, -0.05) is 13.0 Å². The number of phenols is 1. The number of piperidine rings is 1. The molecule has 0 amide bonds. The van der Waals surface area contributed by atoms with Crippen LogP contribution in [0, 0.1) is 18.7 Å². The molecule has 10 nitrogen and oxygen atoms in total. The van der Waals surface area contributed by atoms with E-state index in [1.807, 2.05) is 19.9 Å². The molecule has 0 saturated carbocycles. The first-order valence-electron chi connectivity index (χ1n) is 17.6. The monoisotopic (exact) mass is 671 g/mol. The van der Waals surface area contributed by atoms with Crippen LogP contribution in [0.25, 0.3) is 10.8 Å². The highest BCUT2D eigenvalue weighted by Crippen LogP contribution is 2.42. The molecule has 3 fully saturated rings. The van der Waals surface area contributed by atoms with Crippen molar-refractivity contribution in [3.8, 4) is 11.8 Å². The Hall–Kier alpha value is -4.32. The van der Waals surface area contributed by atoms with Crippen molar-refractivity contribution in [3.63, 3.8) is 0 Å². The van der Waals surface area contributed by atoms with E-state index in [4.69, 9.17) is 14.7 Å². The van der Waals surface area contributed by atoms with Crippen LogP contribution in [0.15, 0.2) is 36.5 Å². The summed E-state index contributed by atoms with van der Waals surface area (Å²) in [5, 5.41) is 16.6. The van der Waals surface area contributed by atoms with Crippen LogP contribution in [-0.2, 0) is 19.4 Å². The molecule has 0 bridgehead atoms. The number of aryl methyl sites for hydroxylation is 2. The van der Waals surface area contributed by atoms with E-state index in [2.05, 4.69) is 19.8 Å². The number of phenolic OH excluding ortho intramolecular Hbond substituents is 1. The predicted octanol–water partition coefficient (Wildman–Crippen LogP) is 5.62. The van der Waals surface area contributed by atoms with Crippen LogP contribution in [0.1, 0.15) is 66.3 Å². The lowest BCUT2D eigenvalue weighted by Gasteiger charge is -2.37. The van der Waals surface area contributed by atoms with E-state index in [0.29, 0.717) is 77.0 Å². The normalized spacial score (nSPS) is 22.9. The molecule has 1 N–H and O–H groups in total. The molecule has 4 aromatic rings. The molecule has 6 heterocycles. The van der Waals surface area contributed by atoms with Gasteiger partial charge in [0.1, 0.15) is 30.2 Å². The van der Waals surface area contributed by atoms with Crippen LogP contribution in [-0.4, -0.2) is 86.7 Å². The molecule has 0 radical (unpaired) electrons. The zero-order valence-corrected chi connectivity index (χ0v) is 28.2. The third-order valence-corrected chi connectivity index (χ3v) is 11.2. The second-order valence-electron chi connectivity index (χ2n) is 14.2. The van der Waals surface area contributed by atoms with Gasteiger partial charge in [-0.25, -0.2) is 13.5 Å². The average molecular weight is 672 g/mol. The fraction of sp³-hybridized carbons (Fsp3) is 0.514. The minimum Gasteiger partial charge on any atom is -0.508 e. The number of anilines is 2. The molecule has 0 unspecified atom stereocenters. The Morgan fingerprint density at radius 2 is 1.94 bits per heavy atom. The first-order chi connectivity index (χ1) is 23.7. The largest absolute Gasteiger partial charge is 0.508 e. The molecule has 2 atom stereocenters. The first-order valence-corrected chi connectivity index (χ1v) is 17.6. The van der Waals surface area contributed by atoms with Crippen molar-refractivity contribution in [3.05, 3.63) is 64.9 Å². The lowest BCUT2D eigenvalue weighted by Crippen LogP contribution is -2.44. The smallest absolute Gasteiger partial charge is 0.318 e. The summed E-state index contributed by atoms with van der Waals surface area (Å²) in [5.74, 6) is 0.570. The summed E-state index contributed by atoms with van der Waals surface area (Å²) in [6.07, 6.45) is 5.75. The Bertz CT molecular complexity index is 1910. The van der Waals surface area contributed by atoms with Crippen molar-refractivity contribution in [2.24, 2.45) is 5.92 Å². The molecule has 2 aromatic carbocycles. The Kier molecular flexibility index (Phi) is 8.16. The van der Waals surface area contributed by atoms with Gasteiger partial charge in [-0.15, -0.1) is 0 Å². The minimum atomic E-state index is -0.859. The van der Waals surface area contributed by atoms with Crippen molar-refractivity contribution >= 4 is 28.2 Å². The number of ether oxygens (including phenoxy) is 1. The number of aromatic hydroxyl groups is 1. The summed E-state index contributed by atoms with van der Waals surface area (Å²) in [5.41, 5.74) is 3.72. The number of alkyl halides is 1. The van der Waals surface area contributed by atoms with Gasteiger partial charge in [0.15, 0.2) is 0 Å². The molecule has 3 saturated heterocycles. The summed E-state index contributed by atoms with van der Waals surface area (Å²) in [7, 11) is 0. The van der Waals surface area contributed by atoms with E-state index in [1.54, 1.807) is 24.4 Å². The summed E-state index contributed by atoms with van der Waals surface area (Å²) in [6.45, 7) is 7.82. The number of carbonyl (C=O) groups excluding carboxylic acids is 1. The Morgan fingerprint density at radius 1 is 1.10 bits per heavy atom. The van der Waals surface area contributed by atoms with E-state index in [0.717, 1.165) is 58.6 Å². The Morgan fingerprint density at radius 3 is 2.71 bits per heavy atom. The maximum absolute atomic E-state index is 15.0. The van der Waals surface area contributed by atoms with Gasteiger partial charge in [-0.2, -0.15) is 15.1 Å². The van der Waals surface area contributed by atoms with Crippen molar-refractivity contribution in [1.82, 2.24) is 24.6 Å². The summed E-state index contributed by atoms with van der Waals surface area (Å²) < 4.78 is 37.5. The molecule has 8 rings (SSSR count). The van der Waals surface area contributed by atoms with Gasteiger partial charge in [0, 0.05) is 67.4 Å². The van der Waals surface area contributed by atoms with Crippen LogP contribution in [0.4, 0.5) is 20.3 Å². The van der Waals surface area contributed by atoms with Crippen molar-refractivity contribution in [1.29, 1.82) is 0 Å². The van der Waals surface area contributed by atoms with Crippen LogP contribution >= 0.6 is 0 Å². The molecule has 0 spiro atoms. The third kappa shape index (κ3) is 5.77. The van der Waals surface area contributed by atoms with Gasteiger partial charge in [0.05, 0.1) is 23.5 Å². The first kappa shape index (κ1) is 31.9. The summed E-state index contributed by atoms with van der Waals surface area (Å²) >= 11 is 0. The van der Waals surface area contributed by atoms with Crippen molar-refractivity contribution in [2.75, 3.05) is 49.1 Å². The fourth-order valence-corrected chi connectivity index (χ4v) is 8.70. The van der Waals surface area contributed by atoms with Crippen LogP contribution < -0.4 is 14.5 Å². The molecule has 2 aromatic heterocycles. The van der Waals surface area contributed by atoms with Gasteiger partial charge in [0.2, 0.25) is 5.91 Å². The van der Waals surface area contributed by atoms with Gasteiger partial charge < -0.3 is 19.6 Å². The van der Waals surface area contributed by atoms with Crippen molar-refractivity contribution in [2.45, 2.75) is 77.0 Å². The Balaban J connectivity index is 1.11. The second-order valence-corrected chi connectivity index (χ2v) is 14.2. The van der Waals surface area contributed by atoms with E-state index < -0.39 is 6.17 Å². The number of aromatic nitrogens is 4. The summed E-state index contributed by atoms with van der Waals surface area (Å²) in [6, 6.07) is 8.69. The lowest BCUT2D eigenvalue weighted by atomic mass is 9.94. The molecule has 4 aliphatic rings. The third-order valence-electron chi connectivity index (χ3n) is 11.2. The molecular weight excluding hydrogens is 628 g/mol. The number of hydrogen-bond acceptors (Lipinski definition) is 9. The van der Waals surface area contributed by atoms with Crippen LogP contribution in [0.2, 0.25) is 0 Å². The quantitative estimate of drug-likeness (QED) is 0.269. The highest BCUT2D eigenvalue weighted by atomic mass is 19.1. The zero-order valence-electron chi connectivity index (χ0n) is 28.2. The molecule has 0 aliphatic carbocycles. The van der Waals surface area contributed by atoms with Crippen molar-refractivity contribution < 1.29 is 23.4 Å². The molecule has 258 valence electrons. The van der Waals surface area contributed by atoms with Gasteiger partial charge in [0.25, 0.3) is 0 Å². The molecule has 49 heavy (non-hydrogen) atoms. The van der Waals surface area contributed by atoms with E-state index in [9.17, 15) is 14.3 Å². The van der Waals surface area contributed by atoms with Crippen LogP contribution in [0.3, 0.4) is 0 Å². The van der Waals surface area contributed by atoms with Gasteiger partial charge in [-0.05, 0) is 81.1 Å². The number of fused-ring (bicyclic) bond motifs is 3. The van der Waals surface area contributed by atoms with Gasteiger partial charge >= 0.3 is 6.01 Å². The number of nitrogens with zero attached hydrogens (tertiary/aromatic N) is 7. The van der Waals surface area contributed by atoms with Crippen LogP contribution in [0.5, 0.6) is 11.8 Å². The zero-order chi connectivity index (χ0) is 33.9. The lowest BCUT2D eigenvalue weighted by molar-refractivity contribution is 0.0795. The van der Waals surface area contributed by atoms with E-state index in [-0.39, 0.29) is 34.9 Å². The fourth-order valence-electron chi connectivity index (χ4n) is 8.70. The molecule has 4 aliphatic heterocycles. The standard InChI is InChI=1S/C37H43F2N7O3/c1-3-28-30(39)6-5-25-17-27(47)18-32(33(25)28)44-15-10-29-31(21-44)40-36(49-22-37-11-4-12-45(37)20-26(38)19-37)41-34(29)43-13-8-24(9-14-43)35(48)46-16-7-23(2)42-46/h5-7,16-18,24,26,47H,3-4,8-15,19-22H2,1-2H3/t26-,37+/m1/s1. The Labute approximate surface area is 284 Å². The number of rotatable bonds is 7. The minimum absolute atomic E-state index is 0.0152. The predicted molar refractivity (Wildman–Crippen MR) is 183 cm³/mol. The molecule has 12 heteroatoms.